The van der Waals surface area contributed by atoms with Gasteiger partial charge in [0, 0.05) is 5.56 Å². The number of hydrogen-bond acceptors (Lipinski definition) is 3. The summed E-state index contributed by atoms with van der Waals surface area (Å²) < 4.78 is 0. The van der Waals surface area contributed by atoms with E-state index in [1.54, 1.807) is 12.1 Å². The van der Waals surface area contributed by atoms with Crippen LogP contribution >= 0.6 is 0 Å². The molecule has 0 aromatic heterocycles. The van der Waals surface area contributed by atoms with E-state index >= 15 is 0 Å². The van der Waals surface area contributed by atoms with Crippen molar-refractivity contribution >= 4 is 29.6 Å². The molecule has 0 bridgehead atoms. The summed E-state index contributed by atoms with van der Waals surface area (Å²) in [5, 5.41) is 20.0. The summed E-state index contributed by atoms with van der Waals surface area (Å²) in [7, 11) is -1.62. The molecule has 0 aliphatic heterocycles. The van der Waals surface area contributed by atoms with Crippen LogP contribution in [0.15, 0.2) is 36.4 Å². The molecule has 4 heteroatoms. The van der Waals surface area contributed by atoms with Crippen molar-refractivity contribution in [3.05, 3.63) is 42.0 Å². The second-order valence-electron chi connectivity index (χ2n) is 3.32. The van der Waals surface area contributed by atoms with Crippen LogP contribution in [-0.2, 0) is 0 Å². The van der Waals surface area contributed by atoms with Gasteiger partial charge in [0.1, 0.15) is 6.29 Å². The van der Waals surface area contributed by atoms with Crippen LogP contribution in [-0.4, -0.2) is 23.5 Å². The molecule has 0 saturated carbocycles. The highest BCUT2D eigenvalue weighted by molar-refractivity contribution is 6.60. The van der Waals surface area contributed by atoms with Crippen LogP contribution in [0.4, 0.5) is 0 Å². The van der Waals surface area contributed by atoms with Gasteiger partial charge in [-0.25, -0.2) is 0 Å². The van der Waals surface area contributed by atoms with E-state index in [1.165, 1.54) is 0 Å². The molecule has 0 aliphatic rings. The number of benzene rings is 2. The standard InChI is InChI=1S/C11H9BO3/c13-7-10-5-8-3-1-2-4-9(8)6-11(10)12(14)15/h1-7,14-15H. The average molecular weight is 200 g/mol. The number of hydrogen-bond donors (Lipinski definition) is 2. The molecule has 0 aliphatic carbocycles. The zero-order valence-corrected chi connectivity index (χ0v) is 7.92. The van der Waals surface area contributed by atoms with Gasteiger partial charge in [0.15, 0.2) is 0 Å². The van der Waals surface area contributed by atoms with Gasteiger partial charge in [-0.2, -0.15) is 0 Å². The predicted molar refractivity (Wildman–Crippen MR) is 59.2 cm³/mol. The van der Waals surface area contributed by atoms with Crippen molar-refractivity contribution in [1.29, 1.82) is 0 Å². The molecule has 0 spiro atoms. The monoisotopic (exact) mass is 200 g/mol. The van der Waals surface area contributed by atoms with E-state index in [0.29, 0.717) is 11.8 Å². The molecule has 0 radical (unpaired) electrons. The van der Waals surface area contributed by atoms with E-state index in [1.807, 2.05) is 24.3 Å². The van der Waals surface area contributed by atoms with E-state index in [-0.39, 0.29) is 5.46 Å². The number of aldehydes is 1. The number of carbonyl (C=O) groups excluding carboxylic acids is 1. The third-order valence-corrected chi connectivity index (χ3v) is 2.36. The molecule has 0 heterocycles. The van der Waals surface area contributed by atoms with Crippen LogP contribution in [0, 0.1) is 0 Å². The molecular formula is C11H9BO3. The number of fused-ring (bicyclic) bond motifs is 1. The van der Waals surface area contributed by atoms with Gasteiger partial charge in [0.2, 0.25) is 0 Å². The lowest BCUT2D eigenvalue weighted by molar-refractivity contribution is 0.112. The van der Waals surface area contributed by atoms with Crippen LogP contribution in [0.5, 0.6) is 0 Å². The number of rotatable bonds is 2. The summed E-state index contributed by atoms with van der Waals surface area (Å²) in [6.45, 7) is 0. The Bertz CT molecular complexity index is 508. The second kappa shape index (κ2) is 3.84. The SMILES string of the molecule is O=Cc1cc2ccccc2cc1B(O)O. The fourth-order valence-electron chi connectivity index (χ4n) is 1.60. The van der Waals surface area contributed by atoms with Crippen molar-refractivity contribution in [2.45, 2.75) is 0 Å². The van der Waals surface area contributed by atoms with Crippen molar-refractivity contribution in [2.24, 2.45) is 0 Å². The average Bonchev–Trinajstić information content (AvgIpc) is 2.27. The molecule has 0 fully saturated rings. The Morgan fingerprint density at radius 1 is 1.07 bits per heavy atom. The molecule has 0 saturated heterocycles. The molecule has 74 valence electrons. The highest BCUT2D eigenvalue weighted by Crippen LogP contribution is 2.13. The summed E-state index contributed by atoms with van der Waals surface area (Å²) in [6, 6.07) is 10.7. The van der Waals surface area contributed by atoms with Gasteiger partial charge in [-0.1, -0.05) is 30.3 Å². The lowest BCUT2D eigenvalue weighted by Gasteiger charge is -2.05. The van der Waals surface area contributed by atoms with Crippen molar-refractivity contribution in [2.75, 3.05) is 0 Å². The van der Waals surface area contributed by atoms with Crippen molar-refractivity contribution < 1.29 is 14.8 Å². The minimum Gasteiger partial charge on any atom is -0.423 e. The first-order valence-electron chi connectivity index (χ1n) is 4.56. The van der Waals surface area contributed by atoms with Gasteiger partial charge in [0.05, 0.1) is 0 Å². The van der Waals surface area contributed by atoms with Crippen LogP contribution in [0.1, 0.15) is 10.4 Å². The summed E-state index contributed by atoms with van der Waals surface area (Å²) in [5.41, 5.74) is 0.549. The summed E-state index contributed by atoms with van der Waals surface area (Å²) >= 11 is 0. The zero-order chi connectivity index (χ0) is 10.8. The van der Waals surface area contributed by atoms with E-state index in [2.05, 4.69) is 0 Å². The third kappa shape index (κ3) is 1.77. The Morgan fingerprint density at radius 2 is 1.67 bits per heavy atom. The lowest BCUT2D eigenvalue weighted by atomic mass is 9.76. The molecule has 2 aromatic carbocycles. The summed E-state index contributed by atoms with van der Waals surface area (Å²) in [6.07, 6.45) is 0.626. The lowest BCUT2D eigenvalue weighted by Crippen LogP contribution is -2.32. The third-order valence-electron chi connectivity index (χ3n) is 2.36. The van der Waals surface area contributed by atoms with Gasteiger partial charge in [-0.15, -0.1) is 0 Å². The largest absolute Gasteiger partial charge is 0.489 e. The molecule has 2 aromatic rings. The molecule has 2 N–H and O–H groups in total. The predicted octanol–water partition coefficient (Wildman–Crippen LogP) is 0.332. The molecule has 0 unspecified atom stereocenters. The maximum absolute atomic E-state index is 10.8. The topological polar surface area (TPSA) is 57.5 Å². The van der Waals surface area contributed by atoms with Crippen LogP contribution in [0.25, 0.3) is 10.8 Å². The fourth-order valence-corrected chi connectivity index (χ4v) is 1.60. The highest BCUT2D eigenvalue weighted by Gasteiger charge is 2.16. The summed E-state index contributed by atoms with van der Waals surface area (Å²) in [5.74, 6) is 0. The fraction of sp³-hybridized carbons (Fsp3) is 0. The van der Waals surface area contributed by atoms with Crippen LogP contribution < -0.4 is 5.46 Å². The Balaban J connectivity index is 2.74. The first-order valence-corrected chi connectivity index (χ1v) is 4.56. The van der Waals surface area contributed by atoms with Gasteiger partial charge in [0.25, 0.3) is 0 Å². The highest BCUT2D eigenvalue weighted by atomic mass is 16.4. The van der Waals surface area contributed by atoms with Crippen LogP contribution in [0.2, 0.25) is 0 Å². The Hall–Kier alpha value is -1.65. The van der Waals surface area contributed by atoms with E-state index in [9.17, 15) is 4.79 Å². The zero-order valence-electron chi connectivity index (χ0n) is 7.92. The number of carbonyl (C=O) groups is 1. The molecule has 3 nitrogen and oxygen atoms in total. The van der Waals surface area contributed by atoms with Gasteiger partial charge >= 0.3 is 7.12 Å². The minimum atomic E-state index is -1.62. The first-order chi connectivity index (χ1) is 7.22. The second-order valence-corrected chi connectivity index (χ2v) is 3.32. The van der Waals surface area contributed by atoms with E-state index < -0.39 is 7.12 Å². The normalized spacial score (nSPS) is 10.3. The molecule has 2 rings (SSSR count). The van der Waals surface area contributed by atoms with Gasteiger partial charge < -0.3 is 10.0 Å². The smallest absolute Gasteiger partial charge is 0.423 e. The van der Waals surface area contributed by atoms with Crippen molar-refractivity contribution in [3.8, 4) is 0 Å². The molecule has 0 amide bonds. The Kier molecular flexibility index (Phi) is 2.54. The maximum Gasteiger partial charge on any atom is 0.489 e. The first kappa shape index (κ1) is 9.89. The summed E-state index contributed by atoms with van der Waals surface area (Å²) in [4.78, 5) is 10.8. The molecular weight excluding hydrogens is 191 g/mol. The maximum atomic E-state index is 10.8. The Labute approximate surface area is 87.1 Å². The van der Waals surface area contributed by atoms with E-state index in [0.717, 1.165) is 10.8 Å². The van der Waals surface area contributed by atoms with Gasteiger partial charge in [-0.05, 0) is 22.3 Å². The van der Waals surface area contributed by atoms with Crippen molar-refractivity contribution in [3.63, 3.8) is 0 Å². The van der Waals surface area contributed by atoms with E-state index in [4.69, 9.17) is 10.0 Å². The van der Waals surface area contributed by atoms with Crippen LogP contribution in [0.3, 0.4) is 0 Å². The minimum absolute atomic E-state index is 0.240. The van der Waals surface area contributed by atoms with Crippen molar-refractivity contribution in [1.82, 2.24) is 0 Å². The Morgan fingerprint density at radius 3 is 2.20 bits per heavy atom. The molecule has 0 atom stereocenters. The quantitative estimate of drug-likeness (QED) is 0.542. The van der Waals surface area contributed by atoms with Gasteiger partial charge in [-0.3, -0.25) is 4.79 Å². The molecule has 15 heavy (non-hydrogen) atoms.